The van der Waals surface area contributed by atoms with Crippen molar-refractivity contribution < 1.29 is 32.3 Å². The Hall–Kier alpha value is -4.15. The fraction of sp³-hybridized carbons (Fsp3) is 0.217. The molecule has 1 aliphatic carbocycles. The first-order chi connectivity index (χ1) is 16.0. The van der Waals surface area contributed by atoms with Gasteiger partial charge in [-0.3, -0.25) is 19.4 Å². The third kappa shape index (κ3) is 3.40. The number of nitrogens with zero attached hydrogens (tertiary/aromatic N) is 1. The summed E-state index contributed by atoms with van der Waals surface area (Å²) in [6.07, 6.45) is 1.05. The van der Waals surface area contributed by atoms with Gasteiger partial charge in [0.05, 0.1) is 5.52 Å². The van der Waals surface area contributed by atoms with Crippen molar-refractivity contribution in [3.05, 3.63) is 64.6 Å². The van der Waals surface area contributed by atoms with Crippen molar-refractivity contribution in [2.24, 2.45) is 16.9 Å². The molecule has 0 radical (unpaired) electrons. The first-order valence-corrected chi connectivity index (χ1v) is 10.1. The van der Waals surface area contributed by atoms with Gasteiger partial charge in [-0.2, -0.15) is 4.39 Å². The van der Waals surface area contributed by atoms with Gasteiger partial charge in [0.2, 0.25) is 23.4 Å². The molecular formula is C23H19F3N4O4. The van der Waals surface area contributed by atoms with Crippen LogP contribution in [0, 0.1) is 29.8 Å². The van der Waals surface area contributed by atoms with Crippen LogP contribution in [0.15, 0.2) is 30.5 Å². The fourth-order valence-corrected chi connectivity index (χ4v) is 4.10. The molecule has 3 amide bonds. The Morgan fingerprint density at radius 3 is 2.38 bits per heavy atom. The summed E-state index contributed by atoms with van der Waals surface area (Å²) >= 11 is 0. The number of hydrogen-bond acceptors (Lipinski definition) is 5. The van der Waals surface area contributed by atoms with Crippen LogP contribution in [0.25, 0.3) is 10.9 Å². The molecule has 0 spiro atoms. The Bertz CT molecular complexity index is 1380. The summed E-state index contributed by atoms with van der Waals surface area (Å²) in [5.41, 5.74) is 9.21. The minimum atomic E-state index is -1.90. The third-order valence-corrected chi connectivity index (χ3v) is 6.09. The summed E-state index contributed by atoms with van der Waals surface area (Å²) in [7, 11) is 1.47. The summed E-state index contributed by atoms with van der Waals surface area (Å²) in [4.78, 5) is 39.6. The summed E-state index contributed by atoms with van der Waals surface area (Å²) in [6.45, 7) is 1.66. The summed E-state index contributed by atoms with van der Waals surface area (Å²) in [5, 5.41) is 2.84. The van der Waals surface area contributed by atoms with Gasteiger partial charge in [-0.1, -0.05) is 0 Å². The highest BCUT2D eigenvalue weighted by atomic mass is 19.2. The lowest BCUT2D eigenvalue weighted by molar-refractivity contribution is -0.133. The average Bonchev–Trinajstić information content (AvgIpc) is 3.55. The smallest absolute Gasteiger partial charge is 0.251 e. The molecule has 176 valence electrons. The highest BCUT2D eigenvalue weighted by Gasteiger charge is 2.65. The van der Waals surface area contributed by atoms with E-state index in [1.165, 1.54) is 25.4 Å². The normalized spacial score (nSPS) is 16.2. The molecule has 1 aliphatic rings. The maximum absolute atomic E-state index is 14.9. The van der Waals surface area contributed by atoms with Crippen LogP contribution in [-0.2, 0) is 9.59 Å². The number of fused-ring (bicyclic) bond motifs is 1. The van der Waals surface area contributed by atoms with Gasteiger partial charge in [0, 0.05) is 30.1 Å². The van der Waals surface area contributed by atoms with Gasteiger partial charge in [0.25, 0.3) is 5.91 Å². The molecule has 4 rings (SSSR count). The van der Waals surface area contributed by atoms with E-state index in [9.17, 15) is 27.6 Å². The van der Waals surface area contributed by atoms with Crippen molar-refractivity contribution in [3.8, 4) is 11.5 Å². The third-order valence-electron chi connectivity index (χ3n) is 6.09. The highest BCUT2D eigenvalue weighted by molar-refractivity contribution is 6.08. The molecule has 1 aromatic heterocycles. The molecule has 1 fully saturated rings. The second kappa shape index (κ2) is 8.01. The lowest BCUT2D eigenvalue weighted by Crippen LogP contribution is -2.38. The minimum absolute atomic E-state index is 0.0310. The van der Waals surface area contributed by atoms with Gasteiger partial charge >= 0.3 is 0 Å². The molecule has 1 unspecified atom stereocenters. The SMILES string of the molecule is CNC(=O)c1cc2nccc(Oc3c(F)cc(C4CC4(C(N)=O)C(N)=O)c(F)c3F)c2cc1C. The highest BCUT2D eigenvalue weighted by Crippen LogP contribution is 2.60. The van der Waals surface area contributed by atoms with E-state index in [-0.39, 0.29) is 18.1 Å². The van der Waals surface area contributed by atoms with Crippen molar-refractivity contribution in [1.29, 1.82) is 0 Å². The number of nitrogens with two attached hydrogens (primary N) is 2. The van der Waals surface area contributed by atoms with Crippen molar-refractivity contribution in [2.75, 3.05) is 7.05 Å². The molecule has 0 bridgehead atoms. The minimum Gasteiger partial charge on any atom is -0.450 e. The number of ether oxygens (including phenoxy) is 1. The molecule has 2 aromatic carbocycles. The number of hydrogen-bond donors (Lipinski definition) is 3. The average molecular weight is 472 g/mol. The topological polar surface area (TPSA) is 137 Å². The van der Waals surface area contributed by atoms with Crippen LogP contribution < -0.4 is 21.5 Å². The van der Waals surface area contributed by atoms with Crippen molar-refractivity contribution in [1.82, 2.24) is 10.3 Å². The quantitative estimate of drug-likeness (QED) is 0.374. The maximum Gasteiger partial charge on any atom is 0.251 e. The van der Waals surface area contributed by atoms with Crippen LogP contribution in [0.1, 0.15) is 33.8 Å². The maximum atomic E-state index is 14.9. The van der Waals surface area contributed by atoms with Gasteiger partial charge in [-0.25, -0.2) is 8.78 Å². The molecule has 5 N–H and O–H groups in total. The van der Waals surface area contributed by atoms with Crippen LogP contribution in [0.4, 0.5) is 13.2 Å². The Morgan fingerprint density at radius 1 is 1.12 bits per heavy atom. The predicted molar refractivity (Wildman–Crippen MR) is 114 cm³/mol. The molecule has 3 aromatic rings. The van der Waals surface area contributed by atoms with Crippen LogP contribution >= 0.6 is 0 Å². The van der Waals surface area contributed by atoms with Crippen molar-refractivity contribution in [2.45, 2.75) is 19.3 Å². The second-order valence-electron chi connectivity index (χ2n) is 8.04. The number of nitrogens with one attached hydrogen (secondary N) is 1. The Balaban J connectivity index is 1.76. The lowest BCUT2D eigenvalue weighted by atomic mass is 9.97. The molecule has 1 saturated carbocycles. The van der Waals surface area contributed by atoms with Gasteiger partial charge < -0.3 is 21.5 Å². The summed E-state index contributed by atoms with van der Waals surface area (Å²) < 4.78 is 50.1. The molecule has 1 heterocycles. The van der Waals surface area contributed by atoms with E-state index in [0.29, 0.717) is 28.1 Å². The first-order valence-electron chi connectivity index (χ1n) is 10.1. The zero-order chi connectivity index (χ0) is 24.9. The largest absolute Gasteiger partial charge is 0.450 e. The fourth-order valence-electron chi connectivity index (χ4n) is 4.10. The summed E-state index contributed by atoms with van der Waals surface area (Å²) in [6, 6.07) is 5.04. The zero-order valence-corrected chi connectivity index (χ0v) is 18.0. The van der Waals surface area contributed by atoms with Gasteiger partial charge in [-0.15, -0.1) is 0 Å². The van der Waals surface area contributed by atoms with Gasteiger partial charge in [-0.05, 0) is 48.7 Å². The van der Waals surface area contributed by atoms with Crippen LogP contribution in [0.3, 0.4) is 0 Å². The number of benzene rings is 2. The van der Waals surface area contributed by atoms with E-state index < -0.39 is 51.9 Å². The van der Waals surface area contributed by atoms with Gasteiger partial charge in [0.15, 0.2) is 11.6 Å². The monoisotopic (exact) mass is 472 g/mol. The van der Waals surface area contributed by atoms with E-state index in [2.05, 4.69) is 10.3 Å². The molecular weight excluding hydrogens is 453 g/mol. The lowest BCUT2D eigenvalue weighted by Gasteiger charge is -2.15. The molecule has 11 heteroatoms. The number of aromatic nitrogens is 1. The summed E-state index contributed by atoms with van der Waals surface area (Å²) in [5.74, 6) is -9.16. The number of rotatable bonds is 6. The predicted octanol–water partition coefficient (Wildman–Crippen LogP) is 2.56. The van der Waals surface area contributed by atoms with E-state index >= 15 is 0 Å². The van der Waals surface area contributed by atoms with Crippen molar-refractivity contribution in [3.63, 3.8) is 0 Å². The number of pyridine rings is 1. The number of primary amides is 2. The van der Waals surface area contributed by atoms with Crippen LogP contribution in [0.5, 0.6) is 11.5 Å². The molecule has 0 aliphatic heterocycles. The van der Waals surface area contributed by atoms with E-state index in [1.54, 1.807) is 13.0 Å². The Morgan fingerprint density at radius 2 is 1.79 bits per heavy atom. The van der Waals surface area contributed by atoms with E-state index in [0.717, 1.165) is 0 Å². The van der Waals surface area contributed by atoms with Crippen LogP contribution in [0.2, 0.25) is 0 Å². The number of halogens is 3. The molecule has 8 nitrogen and oxygen atoms in total. The van der Waals surface area contributed by atoms with Gasteiger partial charge in [0.1, 0.15) is 11.2 Å². The number of carbonyl (C=O) groups is 3. The number of aryl methyl sites for hydroxylation is 1. The number of amides is 3. The Labute approximate surface area is 191 Å². The Kier molecular flexibility index (Phi) is 5.42. The number of carbonyl (C=O) groups excluding carboxylic acids is 3. The van der Waals surface area contributed by atoms with E-state index in [4.69, 9.17) is 16.2 Å². The standard InChI is InChI=1S/C23H19F3N4O4/c1-9-5-12-15(7-10(9)20(31)29-2)30-4-3-16(12)34-19-14(24)6-11(17(25)18(19)26)13-8-23(13,21(27)32)22(28)33/h3-7,13H,8H2,1-2H3,(H2,27,32)(H2,28,33)(H,29,31). The molecule has 1 atom stereocenters. The molecule has 0 saturated heterocycles. The molecule has 34 heavy (non-hydrogen) atoms. The zero-order valence-electron chi connectivity index (χ0n) is 18.0. The first kappa shape index (κ1) is 23.0. The van der Waals surface area contributed by atoms with Crippen LogP contribution in [-0.4, -0.2) is 29.8 Å². The second-order valence-corrected chi connectivity index (χ2v) is 8.04. The van der Waals surface area contributed by atoms with E-state index in [1.807, 2.05) is 0 Å². The van der Waals surface area contributed by atoms with Crippen molar-refractivity contribution >= 4 is 28.6 Å².